The number of fused-ring (bicyclic) bond motifs is 2. The number of hydrogen-bond donors (Lipinski definition) is 1. The van der Waals surface area contributed by atoms with E-state index in [4.69, 9.17) is 5.50 Å². The molecule has 4 rings (SSSR count). The van der Waals surface area contributed by atoms with E-state index in [1.165, 1.54) is 24.3 Å². The Kier molecular flexibility index (Phi) is 4.57. The molecular formula is C23H22NO5P. The molecule has 0 radical (unpaired) electrons. The molecule has 3 atom stereocenters. The van der Waals surface area contributed by atoms with Crippen molar-refractivity contribution in [1.29, 1.82) is 0 Å². The van der Waals surface area contributed by atoms with E-state index in [0.29, 0.717) is 12.8 Å². The highest BCUT2D eigenvalue weighted by Crippen LogP contribution is 2.63. The first-order valence-electron chi connectivity index (χ1n) is 9.78. The maximum atomic E-state index is 13.4. The highest BCUT2D eigenvalue weighted by molar-refractivity contribution is 7.85. The number of hydrogen-bond acceptors (Lipinski definition) is 5. The molecule has 2 saturated carbocycles. The van der Waals surface area contributed by atoms with Crippen LogP contribution in [-0.4, -0.2) is 22.9 Å². The van der Waals surface area contributed by atoms with Crippen LogP contribution in [0.5, 0.6) is 0 Å². The number of ketones is 3. The number of carbonyl (C=O) groups excluding carboxylic acids is 4. The zero-order chi connectivity index (χ0) is 21.9. The zero-order valence-electron chi connectivity index (χ0n) is 16.8. The normalized spacial score (nSPS) is 26.4. The molecule has 0 saturated heterocycles. The Labute approximate surface area is 174 Å². The van der Waals surface area contributed by atoms with Crippen LogP contribution in [0.4, 0.5) is 0 Å². The topological polar surface area (TPSA) is 111 Å². The predicted molar refractivity (Wildman–Crippen MR) is 112 cm³/mol. The Bertz CT molecular complexity index is 1140. The van der Waals surface area contributed by atoms with Crippen LogP contribution in [0.1, 0.15) is 47.4 Å². The molecule has 30 heavy (non-hydrogen) atoms. The number of nitrogens with two attached hydrogens (primary N) is 1. The van der Waals surface area contributed by atoms with E-state index in [9.17, 15) is 23.7 Å². The summed E-state index contributed by atoms with van der Waals surface area (Å²) in [6, 6.07) is 13.8. The van der Waals surface area contributed by atoms with Crippen molar-refractivity contribution in [3.63, 3.8) is 0 Å². The van der Waals surface area contributed by atoms with Crippen molar-refractivity contribution in [2.45, 2.75) is 26.7 Å². The third-order valence-corrected chi connectivity index (χ3v) is 8.86. The Morgan fingerprint density at radius 1 is 0.967 bits per heavy atom. The van der Waals surface area contributed by atoms with Crippen LogP contribution in [0.3, 0.4) is 0 Å². The van der Waals surface area contributed by atoms with E-state index in [2.05, 4.69) is 0 Å². The summed E-state index contributed by atoms with van der Waals surface area (Å²) in [5, 5.41) is 0.128. The smallest absolute Gasteiger partial charge is 0.241 e. The molecule has 2 aromatic rings. The van der Waals surface area contributed by atoms with Gasteiger partial charge in [0.15, 0.2) is 5.78 Å². The van der Waals surface area contributed by atoms with Gasteiger partial charge in [-0.3, -0.25) is 29.2 Å². The number of Topliss-reactive ketones (excluding diaryl/α,β-unsaturated/α-hetero) is 3. The minimum absolute atomic E-state index is 0.128. The Hall–Kier alpha value is -2.69. The lowest BCUT2D eigenvalue weighted by Gasteiger charge is -2.34. The molecule has 0 aliphatic heterocycles. The summed E-state index contributed by atoms with van der Waals surface area (Å²) in [6.07, 6.45) is 0.864. The number of rotatable bonds is 5. The van der Waals surface area contributed by atoms with Gasteiger partial charge >= 0.3 is 0 Å². The number of benzene rings is 2. The standard InChI is InChI=1S/C23H22NO5P/c1-22(2)17-12-13-23(22,20(27)18(17)25)19(26)14-8-10-16(11-9-14)30(24,29)21(28)15-6-4-3-5-7-15/h3-11,17H,12-13H2,1-2H3,(H2,24,29). The molecule has 6 nitrogen and oxygen atoms in total. The first-order chi connectivity index (χ1) is 14.0. The lowest BCUT2D eigenvalue weighted by molar-refractivity contribution is -0.140. The minimum Gasteiger partial charge on any atom is -0.293 e. The van der Waals surface area contributed by atoms with Crippen LogP contribution in [0, 0.1) is 16.7 Å². The number of carbonyl (C=O) groups is 4. The first kappa shape index (κ1) is 20.6. The molecule has 0 amide bonds. The second kappa shape index (κ2) is 6.66. The maximum absolute atomic E-state index is 13.4. The van der Waals surface area contributed by atoms with E-state index >= 15 is 0 Å². The highest BCUT2D eigenvalue weighted by atomic mass is 31.2. The van der Waals surface area contributed by atoms with Gasteiger partial charge in [0.2, 0.25) is 24.4 Å². The van der Waals surface area contributed by atoms with Gasteiger partial charge < -0.3 is 0 Å². The summed E-state index contributed by atoms with van der Waals surface area (Å²) >= 11 is 0. The van der Waals surface area contributed by atoms with Gasteiger partial charge in [-0.1, -0.05) is 56.3 Å². The third kappa shape index (κ3) is 2.57. The highest BCUT2D eigenvalue weighted by Gasteiger charge is 2.72. The van der Waals surface area contributed by atoms with Crippen LogP contribution >= 0.6 is 7.29 Å². The first-order valence-corrected chi connectivity index (χ1v) is 11.6. The van der Waals surface area contributed by atoms with Crippen molar-refractivity contribution in [1.82, 2.24) is 0 Å². The van der Waals surface area contributed by atoms with Crippen LogP contribution in [0.25, 0.3) is 0 Å². The monoisotopic (exact) mass is 423 g/mol. The van der Waals surface area contributed by atoms with Crippen molar-refractivity contribution >= 4 is 35.5 Å². The van der Waals surface area contributed by atoms with Crippen molar-refractivity contribution in [3.05, 3.63) is 65.7 Å². The van der Waals surface area contributed by atoms with E-state index in [1.54, 1.807) is 44.2 Å². The van der Waals surface area contributed by atoms with Gasteiger partial charge in [0, 0.05) is 22.3 Å². The molecule has 2 aliphatic carbocycles. The summed E-state index contributed by atoms with van der Waals surface area (Å²) < 4.78 is 13.0. The van der Waals surface area contributed by atoms with Crippen LogP contribution in [-0.2, 0) is 14.2 Å². The van der Waals surface area contributed by atoms with Gasteiger partial charge in [-0.15, -0.1) is 0 Å². The lowest BCUT2D eigenvalue weighted by atomic mass is 9.65. The average molecular weight is 423 g/mol. The Morgan fingerprint density at radius 3 is 2.10 bits per heavy atom. The second-order valence-electron chi connectivity index (χ2n) is 8.62. The van der Waals surface area contributed by atoms with Gasteiger partial charge in [-0.05, 0) is 30.4 Å². The average Bonchev–Trinajstić information content (AvgIpc) is 3.09. The summed E-state index contributed by atoms with van der Waals surface area (Å²) in [4.78, 5) is 51.0. The van der Waals surface area contributed by atoms with E-state index in [-0.39, 0.29) is 16.4 Å². The molecule has 2 aromatic carbocycles. The summed E-state index contributed by atoms with van der Waals surface area (Å²) in [7, 11) is -3.87. The Morgan fingerprint density at radius 2 is 1.57 bits per heavy atom. The molecule has 0 aromatic heterocycles. The van der Waals surface area contributed by atoms with Crippen LogP contribution < -0.4 is 10.8 Å². The molecule has 154 valence electrons. The lowest BCUT2D eigenvalue weighted by Crippen LogP contribution is -2.44. The molecule has 0 heterocycles. The minimum atomic E-state index is -3.87. The van der Waals surface area contributed by atoms with Gasteiger partial charge in [0.25, 0.3) is 0 Å². The van der Waals surface area contributed by atoms with E-state index in [1.807, 2.05) is 0 Å². The van der Waals surface area contributed by atoms with Crippen molar-refractivity contribution in [2.24, 2.45) is 22.3 Å². The molecule has 2 N–H and O–H groups in total. The predicted octanol–water partition coefficient (Wildman–Crippen LogP) is 3.15. The fourth-order valence-electron chi connectivity index (χ4n) is 5.05. The van der Waals surface area contributed by atoms with E-state index in [0.717, 1.165) is 0 Å². The largest absolute Gasteiger partial charge is 0.293 e. The molecule has 2 fully saturated rings. The van der Waals surface area contributed by atoms with Gasteiger partial charge in [-0.2, -0.15) is 0 Å². The molecule has 2 bridgehead atoms. The molecule has 2 aliphatic rings. The second-order valence-corrected chi connectivity index (χ2v) is 10.9. The van der Waals surface area contributed by atoms with Crippen LogP contribution in [0.15, 0.2) is 54.6 Å². The fourth-order valence-corrected chi connectivity index (χ4v) is 6.41. The van der Waals surface area contributed by atoms with Gasteiger partial charge in [0.05, 0.1) is 0 Å². The SMILES string of the molecule is CC1(C)C2CCC1(C(=O)c1ccc(P(N)(=O)C(=O)c3ccccc3)cc1)C(=O)C2=O. The van der Waals surface area contributed by atoms with Crippen molar-refractivity contribution in [2.75, 3.05) is 0 Å². The summed E-state index contributed by atoms with van der Waals surface area (Å²) in [6.45, 7) is 3.60. The summed E-state index contributed by atoms with van der Waals surface area (Å²) in [5.41, 5.74) is 3.64. The molecular weight excluding hydrogens is 401 g/mol. The molecule has 7 heteroatoms. The molecule has 0 spiro atoms. The van der Waals surface area contributed by atoms with Crippen molar-refractivity contribution in [3.8, 4) is 0 Å². The fraction of sp³-hybridized carbons (Fsp3) is 0.304. The van der Waals surface area contributed by atoms with Crippen molar-refractivity contribution < 1.29 is 23.7 Å². The quantitative estimate of drug-likeness (QED) is 0.342. The third-order valence-electron chi connectivity index (χ3n) is 6.93. The van der Waals surface area contributed by atoms with E-state index < -0.39 is 46.9 Å². The van der Waals surface area contributed by atoms with Gasteiger partial charge in [0.1, 0.15) is 5.41 Å². The molecule has 3 unspecified atom stereocenters. The Balaban J connectivity index is 1.67. The summed E-state index contributed by atoms with van der Waals surface area (Å²) in [5.74, 6) is -1.91. The maximum Gasteiger partial charge on any atom is 0.241 e. The zero-order valence-corrected chi connectivity index (χ0v) is 17.6. The van der Waals surface area contributed by atoms with Gasteiger partial charge in [-0.25, -0.2) is 0 Å². The van der Waals surface area contributed by atoms with Crippen LogP contribution in [0.2, 0.25) is 0 Å².